The number of carboxylic acid groups (broad SMARTS) is 1. The molecule has 0 radical (unpaired) electrons. The SMILES string of the molecule is CCN(C(C)C1CCCCC1)C1COCC1C(=O)O. The molecule has 2 fully saturated rings. The fourth-order valence-electron chi connectivity index (χ4n) is 3.82. The average molecular weight is 269 g/mol. The maximum absolute atomic E-state index is 11.3. The van der Waals surface area contributed by atoms with Crippen LogP contribution in [0.5, 0.6) is 0 Å². The molecule has 0 aromatic carbocycles. The zero-order chi connectivity index (χ0) is 13.8. The third kappa shape index (κ3) is 3.29. The van der Waals surface area contributed by atoms with Crippen molar-refractivity contribution in [3.63, 3.8) is 0 Å². The third-order valence-corrected chi connectivity index (χ3v) is 5.01. The van der Waals surface area contributed by atoms with E-state index in [1.807, 2.05) is 0 Å². The van der Waals surface area contributed by atoms with Crippen LogP contribution in [0.25, 0.3) is 0 Å². The van der Waals surface area contributed by atoms with Gasteiger partial charge >= 0.3 is 5.97 Å². The molecule has 2 rings (SSSR count). The Morgan fingerprint density at radius 3 is 2.58 bits per heavy atom. The molecule has 0 spiro atoms. The van der Waals surface area contributed by atoms with Gasteiger partial charge in [-0.05, 0) is 32.2 Å². The van der Waals surface area contributed by atoms with Crippen molar-refractivity contribution in [3.8, 4) is 0 Å². The first-order chi connectivity index (χ1) is 9.15. The molecule has 2 aliphatic rings. The van der Waals surface area contributed by atoms with Crippen LogP contribution < -0.4 is 0 Å². The van der Waals surface area contributed by atoms with Crippen molar-refractivity contribution in [2.24, 2.45) is 11.8 Å². The lowest BCUT2D eigenvalue weighted by molar-refractivity contribution is -0.143. The van der Waals surface area contributed by atoms with Crippen LogP contribution in [0.1, 0.15) is 46.0 Å². The number of carboxylic acids is 1. The first-order valence-corrected chi connectivity index (χ1v) is 7.71. The van der Waals surface area contributed by atoms with Crippen molar-refractivity contribution >= 4 is 5.97 Å². The van der Waals surface area contributed by atoms with Gasteiger partial charge < -0.3 is 9.84 Å². The van der Waals surface area contributed by atoms with Crippen LogP contribution in [0.15, 0.2) is 0 Å². The fourth-order valence-corrected chi connectivity index (χ4v) is 3.82. The highest BCUT2D eigenvalue weighted by Gasteiger charge is 2.40. The number of nitrogens with zero attached hydrogens (tertiary/aromatic N) is 1. The van der Waals surface area contributed by atoms with Crippen LogP contribution >= 0.6 is 0 Å². The van der Waals surface area contributed by atoms with Crippen LogP contribution in [-0.2, 0) is 9.53 Å². The summed E-state index contributed by atoms with van der Waals surface area (Å²) in [6.07, 6.45) is 6.61. The normalized spacial score (nSPS) is 30.7. The molecule has 1 N–H and O–H groups in total. The molecule has 1 aliphatic carbocycles. The van der Waals surface area contributed by atoms with Crippen molar-refractivity contribution in [1.82, 2.24) is 4.90 Å². The molecule has 0 bridgehead atoms. The van der Waals surface area contributed by atoms with E-state index in [1.165, 1.54) is 32.1 Å². The first-order valence-electron chi connectivity index (χ1n) is 7.71. The second-order valence-electron chi connectivity index (χ2n) is 6.02. The average Bonchev–Trinajstić information content (AvgIpc) is 2.90. The summed E-state index contributed by atoms with van der Waals surface area (Å²) in [5, 5.41) is 9.31. The molecule has 4 nitrogen and oxygen atoms in total. The number of aliphatic carboxylic acids is 1. The van der Waals surface area contributed by atoms with E-state index in [0.29, 0.717) is 19.3 Å². The molecule has 1 heterocycles. The van der Waals surface area contributed by atoms with Gasteiger partial charge in [0.05, 0.1) is 19.1 Å². The summed E-state index contributed by atoms with van der Waals surface area (Å²) in [5.41, 5.74) is 0. The molecular formula is C15H27NO3. The Kier molecular flexibility index (Phi) is 5.22. The van der Waals surface area contributed by atoms with Crippen molar-refractivity contribution in [2.45, 2.75) is 58.0 Å². The second kappa shape index (κ2) is 6.71. The summed E-state index contributed by atoms with van der Waals surface area (Å²) >= 11 is 0. The van der Waals surface area contributed by atoms with Gasteiger partial charge in [-0.25, -0.2) is 0 Å². The quantitative estimate of drug-likeness (QED) is 0.832. The molecule has 1 aliphatic heterocycles. The highest BCUT2D eigenvalue weighted by atomic mass is 16.5. The van der Waals surface area contributed by atoms with Crippen molar-refractivity contribution in [2.75, 3.05) is 19.8 Å². The minimum Gasteiger partial charge on any atom is -0.481 e. The van der Waals surface area contributed by atoms with Crippen molar-refractivity contribution in [3.05, 3.63) is 0 Å². The summed E-state index contributed by atoms with van der Waals surface area (Å²) in [6, 6.07) is 0.526. The van der Waals surface area contributed by atoms with E-state index in [4.69, 9.17) is 4.74 Å². The Morgan fingerprint density at radius 2 is 2.00 bits per heavy atom. The highest BCUT2D eigenvalue weighted by Crippen LogP contribution is 2.32. The Hall–Kier alpha value is -0.610. The largest absolute Gasteiger partial charge is 0.481 e. The van der Waals surface area contributed by atoms with Crippen LogP contribution in [0.2, 0.25) is 0 Å². The number of hydrogen-bond donors (Lipinski definition) is 1. The first kappa shape index (κ1) is 14.8. The van der Waals surface area contributed by atoms with Gasteiger partial charge in [-0.1, -0.05) is 26.2 Å². The topological polar surface area (TPSA) is 49.8 Å². The van der Waals surface area contributed by atoms with E-state index >= 15 is 0 Å². The Balaban J connectivity index is 2.03. The molecular weight excluding hydrogens is 242 g/mol. The summed E-state index contributed by atoms with van der Waals surface area (Å²) < 4.78 is 5.43. The summed E-state index contributed by atoms with van der Waals surface area (Å²) in [5.74, 6) is -0.341. The molecule has 19 heavy (non-hydrogen) atoms. The minimum atomic E-state index is -0.711. The number of ether oxygens (including phenoxy) is 1. The summed E-state index contributed by atoms with van der Waals surface area (Å²) in [6.45, 7) is 6.26. The van der Waals surface area contributed by atoms with Crippen LogP contribution in [0.3, 0.4) is 0 Å². The molecule has 0 aromatic rings. The van der Waals surface area contributed by atoms with Gasteiger partial charge in [-0.15, -0.1) is 0 Å². The zero-order valence-electron chi connectivity index (χ0n) is 12.2. The van der Waals surface area contributed by atoms with Gasteiger partial charge in [0, 0.05) is 12.1 Å². The maximum atomic E-state index is 11.3. The van der Waals surface area contributed by atoms with Gasteiger partial charge in [-0.3, -0.25) is 9.69 Å². The molecule has 0 amide bonds. The fraction of sp³-hybridized carbons (Fsp3) is 0.933. The van der Waals surface area contributed by atoms with Gasteiger partial charge in [0.1, 0.15) is 0 Å². The van der Waals surface area contributed by atoms with E-state index in [1.54, 1.807) is 0 Å². The molecule has 1 saturated heterocycles. The standard InChI is InChI=1S/C15H27NO3/c1-3-16(11(2)12-7-5-4-6-8-12)14-10-19-9-13(14)15(17)18/h11-14H,3-10H2,1-2H3,(H,17,18). The highest BCUT2D eigenvalue weighted by molar-refractivity contribution is 5.71. The third-order valence-electron chi connectivity index (χ3n) is 5.01. The second-order valence-corrected chi connectivity index (χ2v) is 6.02. The van der Waals surface area contributed by atoms with Gasteiger partial charge in [0.25, 0.3) is 0 Å². The molecule has 110 valence electrons. The molecule has 0 aromatic heterocycles. The smallest absolute Gasteiger partial charge is 0.310 e. The Labute approximate surface area is 116 Å². The lowest BCUT2D eigenvalue weighted by Gasteiger charge is -2.40. The van der Waals surface area contributed by atoms with E-state index in [9.17, 15) is 9.90 Å². The van der Waals surface area contributed by atoms with Gasteiger partial charge in [0.15, 0.2) is 0 Å². The van der Waals surface area contributed by atoms with Crippen molar-refractivity contribution < 1.29 is 14.6 Å². The van der Waals surface area contributed by atoms with Crippen LogP contribution in [-0.4, -0.2) is 47.8 Å². The Morgan fingerprint density at radius 1 is 1.32 bits per heavy atom. The van der Waals surface area contributed by atoms with E-state index in [-0.39, 0.29) is 12.0 Å². The van der Waals surface area contributed by atoms with Crippen LogP contribution in [0.4, 0.5) is 0 Å². The maximum Gasteiger partial charge on any atom is 0.310 e. The van der Waals surface area contributed by atoms with E-state index in [2.05, 4.69) is 18.7 Å². The molecule has 1 saturated carbocycles. The van der Waals surface area contributed by atoms with Crippen molar-refractivity contribution in [1.29, 1.82) is 0 Å². The number of carbonyl (C=O) groups is 1. The van der Waals surface area contributed by atoms with Gasteiger partial charge in [-0.2, -0.15) is 0 Å². The zero-order valence-corrected chi connectivity index (χ0v) is 12.2. The molecule has 3 unspecified atom stereocenters. The van der Waals surface area contributed by atoms with Crippen LogP contribution in [0, 0.1) is 11.8 Å². The van der Waals surface area contributed by atoms with Gasteiger partial charge in [0.2, 0.25) is 0 Å². The van der Waals surface area contributed by atoms with E-state index in [0.717, 1.165) is 12.5 Å². The Bertz CT molecular complexity index is 302. The lowest BCUT2D eigenvalue weighted by Crippen LogP contribution is -2.50. The number of hydrogen-bond acceptors (Lipinski definition) is 3. The summed E-state index contributed by atoms with van der Waals surface area (Å²) in [4.78, 5) is 13.7. The minimum absolute atomic E-state index is 0.0550. The monoisotopic (exact) mass is 269 g/mol. The number of rotatable bonds is 5. The predicted molar refractivity (Wildman–Crippen MR) is 74.1 cm³/mol. The lowest BCUT2D eigenvalue weighted by atomic mass is 9.83. The molecule has 3 atom stereocenters. The molecule has 4 heteroatoms. The summed E-state index contributed by atoms with van der Waals surface area (Å²) in [7, 11) is 0. The predicted octanol–water partition coefficient (Wildman–Crippen LogP) is 2.38. The number of likely N-dealkylation sites (N-methyl/N-ethyl adjacent to an activating group) is 1. The van der Waals surface area contributed by atoms with E-state index < -0.39 is 5.97 Å².